The molecular weight excluding hydrogens is 743 g/mol. The number of allylic oxidation sites excluding steroid dienone is 3. The highest BCUT2D eigenvalue weighted by Gasteiger charge is 2.92. The third kappa shape index (κ3) is 6.37. The fourth-order valence-electron chi connectivity index (χ4n) is 13.8. The molecule has 1 aromatic carbocycles. The van der Waals surface area contributed by atoms with Gasteiger partial charge in [-0.05, 0) is 43.9 Å². The number of carbonyl (C=O) groups is 2. The van der Waals surface area contributed by atoms with Crippen LogP contribution in [0, 0.1) is 34.5 Å². The van der Waals surface area contributed by atoms with Gasteiger partial charge in [0, 0.05) is 82.1 Å². The average Bonchev–Trinajstić information content (AvgIpc) is 3.60. The quantitative estimate of drug-likeness (QED) is 0.0756. The second-order valence-electron chi connectivity index (χ2n) is 17.9. The van der Waals surface area contributed by atoms with Crippen LogP contribution in [0.1, 0.15) is 88.4 Å². The molecule has 6 aliphatic rings. The van der Waals surface area contributed by atoms with Crippen molar-refractivity contribution in [1.29, 1.82) is 0 Å². The number of methoxy groups -OCH3 is 4. The van der Waals surface area contributed by atoms with E-state index in [1.54, 1.807) is 57.7 Å². The van der Waals surface area contributed by atoms with Gasteiger partial charge in [-0.15, -0.1) is 0 Å². The van der Waals surface area contributed by atoms with Gasteiger partial charge in [-0.3, -0.25) is 4.90 Å². The van der Waals surface area contributed by atoms with Crippen LogP contribution in [0.4, 0.5) is 0 Å². The number of rotatable bonds is 19. The number of hydrogen-bond donors (Lipinski definition) is 3. The second kappa shape index (κ2) is 17.4. The van der Waals surface area contributed by atoms with Crippen LogP contribution in [-0.4, -0.2) is 134 Å². The summed E-state index contributed by atoms with van der Waals surface area (Å²) in [4.78, 5) is 30.8. The van der Waals surface area contributed by atoms with Crippen molar-refractivity contribution in [3.63, 3.8) is 0 Å². The lowest BCUT2D eigenvalue weighted by atomic mass is 9.42. The molecule has 5 saturated carbocycles. The highest BCUT2D eigenvalue weighted by molar-refractivity contribution is 5.89. The molecule has 58 heavy (non-hydrogen) atoms. The van der Waals surface area contributed by atoms with Gasteiger partial charge in [-0.25, -0.2) is 9.59 Å². The third-order valence-corrected chi connectivity index (χ3v) is 15.6. The summed E-state index contributed by atoms with van der Waals surface area (Å²) in [6.07, 6.45) is 10.6. The Labute approximate surface area is 344 Å². The molecule has 6 fully saturated rings. The molecule has 1 aliphatic heterocycles. The summed E-state index contributed by atoms with van der Waals surface area (Å²) >= 11 is 0. The van der Waals surface area contributed by atoms with Gasteiger partial charge in [0.05, 0.1) is 30.5 Å². The van der Waals surface area contributed by atoms with Crippen LogP contribution in [0.15, 0.2) is 54.6 Å². The average molecular weight is 810 g/mol. The van der Waals surface area contributed by atoms with Crippen LogP contribution < -0.4 is 0 Å². The van der Waals surface area contributed by atoms with Crippen LogP contribution in [0.25, 0.3) is 0 Å². The maximum atomic E-state index is 14.4. The maximum absolute atomic E-state index is 14.4. The lowest BCUT2D eigenvalue weighted by Gasteiger charge is -2.70. The number of carbonyl (C=O) groups excluding carboxylic acids is 2. The molecule has 0 radical (unpaired) electrons. The molecule has 0 aromatic heterocycles. The molecule has 1 heterocycles. The van der Waals surface area contributed by atoms with Crippen molar-refractivity contribution in [3.05, 3.63) is 60.2 Å². The Hall–Kier alpha value is -2.68. The molecule has 7 rings (SSSR count). The summed E-state index contributed by atoms with van der Waals surface area (Å²) in [5.74, 6) is -3.89. The topological polar surface area (TPSA) is 153 Å². The molecule has 1 aromatic rings. The first-order valence-corrected chi connectivity index (χ1v) is 21.7. The normalized spacial score (nSPS) is 42.3. The number of unbranched alkanes of at least 4 members (excludes halogenated alkanes) is 7. The number of benzene rings is 1. The molecule has 1 saturated heterocycles. The van der Waals surface area contributed by atoms with E-state index < -0.39 is 94.3 Å². The van der Waals surface area contributed by atoms with E-state index >= 15 is 0 Å². The number of aliphatic hydroxyl groups excluding tert-OH is 2. The summed E-state index contributed by atoms with van der Waals surface area (Å²) in [5.41, 5.74) is -4.99. The molecular formula is C46H67NO11. The highest BCUT2D eigenvalue weighted by atomic mass is 16.6. The van der Waals surface area contributed by atoms with Crippen LogP contribution in [0.3, 0.4) is 0 Å². The van der Waals surface area contributed by atoms with Crippen molar-refractivity contribution in [2.45, 2.75) is 132 Å². The number of hydrogen-bond acceptors (Lipinski definition) is 12. The van der Waals surface area contributed by atoms with Gasteiger partial charge in [0.2, 0.25) is 0 Å². The molecule has 322 valence electrons. The second-order valence-corrected chi connectivity index (χ2v) is 17.9. The lowest BCUT2D eigenvalue weighted by Crippen LogP contribution is -2.81. The van der Waals surface area contributed by atoms with Crippen molar-refractivity contribution in [2.75, 3.05) is 48.1 Å². The monoisotopic (exact) mass is 809 g/mol. The standard InChI is InChI=1S/C46H67NO11/c1-7-9-10-11-12-13-14-15-16-17-21-24-33(49)58-46-34-30(26-44(52,41(56-6)39(46)50)40(34)57-42(51)29-22-19-18-20-23-29)45-32(54-4)25-31(48)43(28-53-3)27-47(8-2)38(45)35(46)36(55-5)37(43)45/h16-24,30-32,34-41,48,50,52H,7-15,25-28H2,1-6H3/b17-16+,24-21+/t30-,31-,32+,34-,35+,36+,37-,38?,39+,40-,41+,43+,44-,45+,46-/m1/s1. The molecule has 12 nitrogen and oxygen atoms in total. The Balaban J connectivity index is 1.34. The van der Waals surface area contributed by atoms with Gasteiger partial charge in [0.25, 0.3) is 0 Å². The minimum absolute atomic E-state index is 0.0587. The van der Waals surface area contributed by atoms with E-state index in [4.69, 9.17) is 28.4 Å². The molecule has 7 bridgehead atoms. The number of ether oxygens (including phenoxy) is 6. The molecule has 5 aliphatic carbocycles. The summed E-state index contributed by atoms with van der Waals surface area (Å²) < 4.78 is 38.4. The van der Waals surface area contributed by atoms with Crippen molar-refractivity contribution < 1.29 is 53.3 Å². The predicted octanol–water partition coefficient (Wildman–Crippen LogP) is 4.88. The van der Waals surface area contributed by atoms with Crippen LogP contribution in [-0.2, 0) is 33.2 Å². The van der Waals surface area contributed by atoms with E-state index in [-0.39, 0.29) is 19.1 Å². The van der Waals surface area contributed by atoms with E-state index in [1.807, 2.05) is 12.2 Å². The number of fused-ring (bicyclic) bond motifs is 2. The molecule has 0 amide bonds. The van der Waals surface area contributed by atoms with Gasteiger partial charge >= 0.3 is 11.9 Å². The number of piperidine rings is 1. The van der Waals surface area contributed by atoms with Gasteiger partial charge in [-0.2, -0.15) is 0 Å². The van der Waals surface area contributed by atoms with E-state index in [0.29, 0.717) is 25.1 Å². The fraction of sp³-hybridized carbons (Fsp3) is 0.739. The fourth-order valence-corrected chi connectivity index (χ4v) is 13.8. The maximum Gasteiger partial charge on any atom is 0.338 e. The predicted molar refractivity (Wildman–Crippen MR) is 216 cm³/mol. The Morgan fingerprint density at radius 3 is 2.28 bits per heavy atom. The molecule has 3 N–H and O–H groups in total. The summed E-state index contributed by atoms with van der Waals surface area (Å²) in [5, 5.41) is 38.2. The zero-order valence-electron chi connectivity index (χ0n) is 35.3. The third-order valence-electron chi connectivity index (χ3n) is 15.6. The molecule has 1 unspecified atom stereocenters. The number of likely N-dealkylation sites (tertiary alicyclic amines) is 1. The Bertz CT molecular complexity index is 1660. The summed E-state index contributed by atoms with van der Waals surface area (Å²) in [7, 11) is 6.33. The minimum atomic E-state index is -1.87. The highest BCUT2D eigenvalue weighted by Crippen LogP contribution is 2.80. The number of nitrogens with zero attached hydrogens (tertiary/aromatic N) is 1. The van der Waals surface area contributed by atoms with Crippen molar-refractivity contribution in [2.24, 2.45) is 34.5 Å². The Morgan fingerprint density at radius 1 is 0.897 bits per heavy atom. The SMILES string of the molecule is CCCCCCCCC/C=C/C=C/C(=O)O[C@]12[C@H]3[C@@H](OC(=O)c4ccccc4)[C@](O)(C[C@H]3[C@@]34C5[C@@H]1[C@H](OC)[C@@H]3[C@](COC)(CN5CC)[C@H](O)C[C@@H]4OC)[C@@H](OC)[C@@H]2O. The van der Waals surface area contributed by atoms with Gasteiger partial charge in [0.1, 0.15) is 23.9 Å². The van der Waals surface area contributed by atoms with E-state index in [2.05, 4.69) is 18.7 Å². The van der Waals surface area contributed by atoms with Gasteiger partial charge < -0.3 is 43.7 Å². The molecule has 12 heteroatoms. The minimum Gasteiger partial charge on any atom is -0.455 e. The van der Waals surface area contributed by atoms with E-state index in [1.165, 1.54) is 51.7 Å². The summed E-state index contributed by atoms with van der Waals surface area (Å²) in [6, 6.07) is 8.20. The van der Waals surface area contributed by atoms with E-state index in [9.17, 15) is 24.9 Å². The van der Waals surface area contributed by atoms with Crippen LogP contribution >= 0.6 is 0 Å². The first-order chi connectivity index (χ1) is 28.0. The van der Waals surface area contributed by atoms with Gasteiger partial charge in [-0.1, -0.05) is 88.8 Å². The first-order valence-electron chi connectivity index (χ1n) is 21.7. The smallest absolute Gasteiger partial charge is 0.338 e. The lowest BCUT2D eigenvalue weighted by molar-refractivity contribution is -0.322. The molecule has 1 spiro atoms. The van der Waals surface area contributed by atoms with Crippen LogP contribution in [0.2, 0.25) is 0 Å². The molecule has 15 atom stereocenters. The number of aliphatic hydroxyl groups is 3. The zero-order chi connectivity index (χ0) is 41.5. The number of esters is 2. The summed E-state index contributed by atoms with van der Waals surface area (Å²) in [6.45, 7) is 5.57. The zero-order valence-corrected chi connectivity index (χ0v) is 35.3. The Kier molecular flexibility index (Phi) is 13.0. The van der Waals surface area contributed by atoms with E-state index in [0.717, 1.165) is 12.8 Å². The largest absolute Gasteiger partial charge is 0.455 e. The van der Waals surface area contributed by atoms with Crippen molar-refractivity contribution >= 4 is 11.9 Å². The van der Waals surface area contributed by atoms with Crippen molar-refractivity contribution in [1.82, 2.24) is 4.90 Å². The van der Waals surface area contributed by atoms with Crippen LogP contribution in [0.5, 0.6) is 0 Å². The van der Waals surface area contributed by atoms with Gasteiger partial charge in [0.15, 0.2) is 5.60 Å². The first kappa shape index (κ1) is 43.4. The van der Waals surface area contributed by atoms with Crippen molar-refractivity contribution in [3.8, 4) is 0 Å². The Morgan fingerprint density at radius 2 is 1.62 bits per heavy atom.